The monoisotopic (exact) mass is 592 g/mol. The SMILES string of the molecule is [2H]c1c([2H])c([2H])c(-c2c([2H])c([2H])c([2H])c([2H])c2-c2c3ccccc3c(-c3c([2H])c(-c4c([2H])c([2H])c([2H])c([2H])c4[2H])c([2H])c4oc5c([2H])c([2H])c([2H])c([2H])c5c34)c3ccccc23)c([2H])c1[2H]. The molecule has 210 valence electrons. The van der Waals surface area contributed by atoms with Crippen LogP contribution in [-0.2, 0) is 0 Å². The van der Waals surface area contributed by atoms with Gasteiger partial charge in [-0.15, -0.1) is 0 Å². The van der Waals surface area contributed by atoms with Crippen molar-refractivity contribution >= 4 is 43.5 Å². The molecule has 45 heavy (non-hydrogen) atoms. The number of fused-ring (bicyclic) bond motifs is 5. The third-order valence-corrected chi connectivity index (χ3v) is 7.69. The van der Waals surface area contributed by atoms with Gasteiger partial charge in [-0.05, 0) is 84.2 Å². The van der Waals surface area contributed by atoms with Crippen molar-refractivity contribution in [3.63, 3.8) is 0 Å². The normalized spacial score (nSPS) is 17.8. The van der Waals surface area contributed by atoms with Gasteiger partial charge in [0.1, 0.15) is 11.2 Å². The van der Waals surface area contributed by atoms with Crippen LogP contribution in [0.5, 0.6) is 0 Å². The molecule has 1 heteroatoms. The van der Waals surface area contributed by atoms with Crippen LogP contribution in [-0.4, -0.2) is 0 Å². The second-order valence-corrected chi connectivity index (χ2v) is 10.1. The number of rotatable bonds is 4. The minimum atomic E-state index is -0.756. The second kappa shape index (κ2) is 10.4. The van der Waals surface area contributed by atoms with Crippen molar-refractivity contribution in [3.05, 3.63) is 169 Å². The Morgan fingerprint density at radius 2 is 0.889 bits per heavy atom. The maximum atomic E-state index is 10.0. The highest BCUT2D eigenvalue weighted by molar-refractivity contribution is 6.26. The Kier molecular flexibility index (Phi) is 2.90. The lowest BCUT2D eigenvalue weighted by Gasteiger charge is -2.20. The summed E-state index contributed by atoms with van der Waals surface area (Å²) in [5.41, 5.74) is -2.74. The third kappa shape index (κ3) is 4.09. The van der Waals surface area contributed by atoms with Crippen LogP contribution in [0.1, 0.15) is 27.4 Å². The lowest BCUT2D eigenvalue weighted by molar-refractivity contribution is 0.669. The van der Waals surface area contributed by atoms with Crippen LogP contribution in [0.2, 0.25) is 0 Å². The van der Waals surface area contributed by atoms with E-state index in [4.69, 9.17) is 26.3 Å². The molecule has 0 aliphatic heterocycles. The van der Waals surface area contributed by atoms with E-state index in [0.29, 0.717) is 0 Å². The van der Waals surface area contributed by atoms with E-state index in [1.807, 2.05) is 0 Å². The maximum absolute atomic E-state index is 10.0. The molecule has 0 spiro atoms. The summed E-state index contributed by atoms with van der Waals surface area (Å²) in [5.74, 6) is 0. The molecule has 1 nitrogen and oxygen atoms in total. The molecule has 0 fully saturated rings. The fourth-order valence-electron chi connectivity index (χ4n) is 5.90. The average molecular weight is 593 g/mol. The van der Waals surface area contributed by atoms with Crippen LogP contribution < -0.4 is 0 Å². The van der Waals surface area contributed by atoms with Crippen LogP contribution in [0.15, 0.2) is 174 Å². The molecule has 0 atom stereocenters. The van der Waals surface area contributed by atoms with E-state index in [1.54, 1.807) is 48.5 Å². The summed E-state index contributed by atoms with van der Waals surface area (Å²) < 4.78 is 183. The van der Waals surface area contributed by atoms with Gasteiger partial charge in [0, 0.05) is 10.8 Å². The Hall–Kier alpha value is -5.92. The fourth-order valence-corrected chi connectivity index (χ4v) is 5.90. The van der Waals surface area contributed by atoms with Gasteiger partial charge in [0.25, 0.3) is 0 Å². The zero-order valence-electron chi connectivity index (χ0n) is 43.0. The van der Waals surface area contributed by atoms with Crippen LogP contribution >= 0.6 is 0 Å². The number of hydrogen-bond acceptors (Lipinski definition) is 1. The van der Waals surface area contributed by atoms with E-state index in [1.165, 1.54) is 0 Å². The molecule has 0 aliphatic rings. The van der Waals surface area contributed by atoms with Gasteiger partial charge in [-0.2, -0.15) is 0 Å². The largest absolute Gasteiger partial charge is 0.456 e. The Morgan fingerprint density at radius 1 is 0.378 bits per heavy atom. The van der Waals surface area contributed by atoms with Crippen molar-refractivity contribution in [2.75, 3.05) is 0 Å². The van der Waals surface area contributed by atoms with Crippen molar-refractivity contribution < 1.29 is 31.8 Å². The summed E-state index contributed by atoms with van der Waals surface area (Å²) in [6, 6.07) is -0.949. The molecule has 0 saturated carbocycles. The Labute approximate surface area is 289 Å². The minimum Gasteiger partial charge on any atom is -0.456 e. The van der Waals surface area contributed by atoms with Gasteiger partial charge in [-0.3, -0.25) is 0 Å². The summed E-state index contributed by atoms with van der Waals surface area (Å²) in [6.07, 6.45) is 0. The smallest absolute Gasteiger partial charge is 0.136 e. The molecule has 1 aromatic heterocycles. The Balaban J connectivity index is 1.57. The number of para-hydroxylation sites is 1. The first kappa shape index (κ1) is 12.6. The van der Waals surface area contributed by atoms with Gasteiger partial charge >= 0.3 is 0 Å². The molecule has 9 rings (SSSR count). The highest BCUT2D eigenvalue weighted by atomic mass is 16.3. The molecule has 0 saturated heterocycles. The number of hydrogen-bond donors (Lipinski definition) is 0. The molecule has 0 radical (unpaired) electrons. The van der Waals surface area contributed by atoms with E-state index >= 15 is 0 Å². The summed E-state index contributed by atoms with van der Waals surface area (Å²) in [5, 5.41) is 0.615. The molecule has 0 amide bonds. The number of benzene rings is 8. The highest BCUT2D eigenvalue weighted by Gasteiger charge is 2.22. The lowest BCUT2D eigenvalue weighted by Crippen LogP contribution is -1.93. The van der Waals surface area contributed by atoms with Crippen molar-refractivity contribution in [3.8, 4) is 44.5 Å². The van der Waals surface area contributed by atoms with Crippen molar-refractivity contribution in [1.29, 1.82) is 0 Å². The summed E-state index contributed by atoms with van der Waals surface area (Å²) in [4.78, 5) is 0. The van der Waals surface area contributed by atoms with Crippen molar-refractivity contribution in [2.45, 2.75) is 0 Å². The molecule has 0 bridgehead atoms. The fraction of sp³-hybridized carbons (Fsp3) is 0. The lowest BCUT2D eigenvalue weighted by atomic mass is 9.82. The van der Waals surface area contributed by atoms with Gasteiger partial charge in [-0.25, -0.2) is 0 Å². The van der Waals surface area contributed by atoms with Crippen LogP contribution in [0.3, 0.4) is 0 Å². The Morgan fingerprint density at radius 3 is 1.53 bits per heavy atom. The van der Waals surface area contributed by atoms with E-state index in [0.717, 1.165) is 0 Å². The van der Waals surface area contributed by atoms with Gasteiger partial charge in [0.15, 0.2) is 0 Å². The number of furan rings is 1. The van der Waals surface area contributed by atoms with Crippen LogP contribution in [0.25, 0.3) is 88.0 Å². The topological polar surface area (TPSA) is 13.1 Å². The zero-order valence-corrected chi connectivity index (χ0v) is 23.0. The van der Waals surface area contributed by atoms with Gasteiger partial charge < -0.3 is 4.42 Å². The first-order valence-corrected chi connectivity index (χ1v) is 13.8. The van der Waals surface area contributed by atoms with Gasteiger partial charge in [-0.1, -0.05) is 151 Å². The average Bonchev–Trinajstić information content (AvgIpc) is 3.70. The molecule has 0 N–H and O–H groups in total. The maximum Gasteiger partial charge on any atom is 0.136 e. The molecule has 8 aromatic carbocycles. The standard InChI is InChI=1S/C44H28O/c1-3-15-29(16-4-1)31-27-39(44-38-25-13-14-26-40(38)45-41(44)28-31)43-36-23-11-9-21-34(36)42(35-22-10-12-24-37(35)43)33-20-8-7-19-32(33)30-17-5-2-6-18-30/h1-28H/i1D,2D,3D,4D,5D,6D,7D,8D,13D,14D,15D,16D,17D,18D,19D,20D,25D,26D,27D,28D. The highest BCUT2D eigenvalue weighted by Crippen LogP contribution is 2.49. The van der Waals surface area contributed by atoms with E-state index in [9.17, 15) is 5.48 Å². The van der Waals surface area contributed by atoms with Gasteiger partial charge in [0.05, 0.1) is 27.4 Å². The molecule has 1 heterocycles. The van der Waals surface area contributed by atoms with E-state index in [-0.39, 0.29) is 60.2 Å². The molecular formula is C44H28O. The second-order valence-electron chi connectivity index (χ2n) is 10.1. The first-order chi connectivity index (χ1) is 30.7. The Bertz CT molecular complexity index is 3550. The molecular weight excluding hydrogens is 544 g/mol. The van der Waals surface area contributed by atoms with Crippen LogP contribution in [0.4, 0.5) is 0 Å². The first-order valence-electron chi connectivity index (χ1n) is 23.8. The molecule has 0 aliphatic carbocycles. The summed E-state index contributed by atoms with van der Waals surface area (Å²) in [6.45, 7) is 0. The minimum absolute atomic E-state index is 0.124. The summed E-state index contributed by atoms with van der Waals surface area (Å²) in [7, 11) is 0. The predicted octanol–water partition coefficient (Wildman–Crippen LogP) is 12.6. The van der Waals surface area contributed by atoms with Crippen molar-refractivity contribution in [2.24, 2.45) is 0 Å². The molecule has 0 unspecified atom stereocenters. The summed E-state index contributed by atoms with van der Waals surface area (Å²) >= 11 is 0. The molecule has 9 aromatic rings. The van der Waals surface area contributed by atoms with Crippen LogP contribution in [0, 0.1) is 0 Å². The van der Waals surface area contributed by atoms with Crippen molar-refractivity contribution in [1.82, 2.24) is 0 Å². The quantitative estimate of drug-likeness (QED) is 0.185. The predicted molar refractivity (Wildman–Crippen MR) is 190 cm³/mol. The van der Waals surface area contributed by atoms with Gasteiger partial charge in [0.2, 0.25) is 0 Å². The van der Waals surface area contributed by atoms with E-state index in [2.05, 4.69) is 0 Å². The zero-order chi connectivity index (χ0) is 47.1. The van der Waals surface area contributed by atoms with E-state index < -0.39 is 149 Å². The third-order valence-electron chi connectivity index (χ3n) is 7.69.